The predicted molar refractivity (Wildman–Crippen MR) is 55.1 cm³/mol. The summed E-state index contributed by atoms with van der Waals surface area (Å²) in [5, 5.41) is 17.3. The van der Waals surface area contributed by atoms with Crippen molar-refractivity contribution in [3.05, 3.63) is 0 Å². The molecule has 0 aliphatic carbocycles. The van der Waals surface area contributed by atoms with Gasteiger partial charge in [0.05, 0.1) is 25.4 Å². The van der Waals surface area contributed by atoms with E-state index in [4.69, 9.17) is 14.9 Å². The summed E-state index contributed by atoms with van der Waals surface area (Å²) < 4.78 is 5.35. The number of aliphatic carboxylic acids is 1. The third-order valence-electron chi connectivity index (χ3n) is 2.17. The van der Waals surface area contributed by atoms with Crippen molar-refractivity contribution in [1.29, 1.82) is 0 Å². The Kier molecular flexibility index (Phi) is 5.13. The van der Waals surface area contributed by atoms with E-state index in [2.05, 4.69) is 4.84 Å². The maximum atomic E-state index is 11.5. The normalized spacial score (nSPS) is 24.5. The second-order valence-electron chi connectivity index (χ2n) is 3.75. The number of rotatable bonds is 4. The number of amides is 2. The lowest BCUT2D eigenvalue weighted by Crippen LogP contribution is -2.53. The van der Waals surface area contributed by atoms with Gasteiger partial charge in [-0.1, -0.05) is 0 Å². The smallest absolute Gasteiger partial charge is 0.341 e. The lowest BCUT2D eigenvalue weighted by atomic mass is 10.2. The molecule has 2 amide bonds. The van der Waals surface area contributed by atoms with Crippen LogP contribution in [0.3, 0.4) is 0 Å². The highest BCUT2D eigenvalue weighted by Crippen LogP contribution is 2.10. The van der Waals surface area contributed by atoms with Crippen LogP contribution >= 0.6 is 0 Å². The maximum Gasteiger partial charge on any atom is 0.341 e. The number of carbonyl (C=O) groups is 2. The molecule has 1 aliphatic heterocycles. The number of carboxylic acid groups (broad SMARTS) is 1. The van der Waals surface area contributed by atoms with Gasteiger partial charge in [-0.05, 0) is 6.92 Å². The molecule has 0 aromatic heterocycles. The number of ether oxygens (including phenoxy) is 1. The van der Waals surface area contributed by atoms with Crippen LogP contribution < -0.4 is 5.48 Å². The summed E-state index contributed by atoms with van der Waals surface area (Å²) >= 11 is 0. The molecule has 0 spiro atoms. The molecule has 17 heavy (non-hydrogen) atoms. The highest BCUT2D eigenvalue weighted by Gasteiger charge is 2.28. The van der Waals surface area contributed by atoms with Crippen LogP contribution in [0.4, 0.5) is 4.79 Å². The number of aliphatic hydroxyl groups is 1. The van der Waals surface area contributed by atoms with E-state index in [-0.39, 0.29) is 19.3 Å². The zero-order valence-electron chi connectivity index (χ0n) is 9.46. The van der Waals surface area contributed by atoms with E-state index in [1.807, 2.05) is 5.48 Å². The van der Waals surface area contributed by atoms with E-state index in [0.29, 0.717) is 6.54 Å². The highest BCUT2D eigenvalue weighted by atomic mass is 16.7. The Labute approximate surface area is 98.1 Å². The monoisotopic (exact) mass is 248 g/mol. The number of morpholine rings is 1. The van der Waals surface area contributed by atoms with Crippen LogP contribution in [0.15, 0.2) is 0 Å². The van der Waals surface area contributed by atoms with E-state index >= 15 is 0 Å². The van der Waals surface area contributed by atoms with E-state index in [1.54, 1.807) is 6.92 Å². The molecule has 1 fully saturated rings. The van der Waals surface area contributed by atoms with Crippen LogP contribution in [0.1, 0.15) is 6.92 Å². The molecule has 3 N–H and O–H groups in total. The van der Waals surface area contributed by atoms with Crippen molar-refractivity contribution < 1.29 is 29.4 Å². The van der Waals surface area contributed by atoms with Crippen molar-refractivity contribution in [2.24, 2.45) is 0 Å². The lowest BCUT2D eigenvalue weighted by molar-refractivity contribution is -0.144. The van der Waals surface area contributed by atoms with E-state index in [9.17, 15) is 9.59 Å². The molecular weight excluding hydrogens is 232 g/mol. The Balaban J connectivity index is 2.37. The first-order chi connectivity index (χ1) is 8.02. The lowest BCUT2D eigenvalue weighted by Gasteiger charge is -2.35. The first kappa shape index (κ1) is 13.7. The third-order valence-corrected chi connectivity index (χ3v) is 2.17. The average molecular weight is 248 g/mol. The summed E-state index contributed by atoms with van der Waals surface area (Å²) in [6, 6.07) is -0.542. The topological polar surface area (TPSA) is 108 Å². The number of carbonyl (C=O) groups excluding carboxylic acids is 1. The molecule has 1 heterocycles. The molecule has 0 radical (unpaired) electrons. The van der Waals surface area contributed by atoms with Crippen molar-refractivity contribution in [3.8, 4) is 0 Å². The van der Waals surface area contributed by atoms with E-state index in [1.165, 1.54) is 4.90 Å². The van der Waals surface area contributed by atoms with E-state index in [0.717, 1.165) is 0 Å². The molecule has 8 heteroatoms. The van der Waals surface area contributed by atoms with Crippen molar-refractivity contribution in [1.82, 2.24) is 10.4 Å². The molecule has 1 rings (SSSR count). The molecule has 0 saturated carbocycles. The minimum absolute atomic E-state index is 0.176. The maximum absolute atomic E-state index is 11.5. The fourth-order valence-corrected chi connectivity index (χ4v) is 1.54. The average Bonchev–Trinajstić information content (AvgIpc) is 2.27. The molecular formula is C9H16N2O6. The molecule has 0 bridgehead atoms. The Morgan fingerprint density at radius 3 is 2.82 bits per heavy atom. The van der Waals surface area contributed by atoms with Crippen LogP contribution in [0.5, 0.6) is 0 Å². The zero-order valence-corrected chi connectivity index (χ0v) is 9.46. The van der Waals surface area contributed by atoms with Crippen molar-refractivity contribution in [3.63, 3.8) is 0 Å². The second kappa shape index (κ2) is 6.38. The summed E-state index contributed by atoms with van der Waals surface area (Å²) in [5.74, 6) is -1.17. The van der Waals surface area contributed by atoms with Gasteiger partial charge in [0.1, 0.15) is 0 Å². The summed E-state index contributed by atoms with van der Waals surface area (Å²) in [5.41, 5.74) is 2.02. The molecule has 0 aromatic rings. The summed E-state index contributed by atoms with van der Waals surface area (Å²) in [4.78, 5) is 27.6. The summed E-state index contributed by atoms with van der Waals surface area (Å²) in [6.45, 7) is 1.60. The first-order valence-electron chi connectivity index (χ1n) is 5.17. The van der Waals surface area contributed by atoms with Gasteiger partial charge in [0, 0.05) is 6.54 Å². The van der Waals surface area contributed by atoms with Gasteiger partial charge >= 0.3 is 12.0 Å². The number of aliphatic hydroxyl groups excluding tert-OH is 1. The van der Waals surface area contributed by atoms with Crippen molar-refractivity contribution >= 4 is 12.0 Å². The van der Waals surface area contributed by atoms with Crippen LogP contribution in [0, 0.1) is 0 Å². The minimum atomic E-state index is -1.17. The molecule has 98 valence electrons. The van der Waals surface area contributed by atoms with Crippen molar-refractivity contribution in [2.45, 2.75) is 19.1 Å². The zero-order chi connectivity index (χ0) is 12.8. The van der Waals surface area contributed by atoms with Gasteiger partial charge in [-0.15, -0.1) is 0 Å². The minimum Gasteiger partial charge on any atom is -0.479 e. The van der Waals surface area contributed by atoms with Gasteiger partial charge in [-0.3, -0.25) is 4.84 Å². The SMILES string of the molecule is CC1CN(C(=O)NOCC(=O)O)CC(CO)O1. The van der Waals surface area contributed by atoms with Gasteiger partial charge in [0.15, 0.2) is 6.61 Å². The number of nitrogens with zero attached hydrogens (tertiary/aromatic N) is 1. The third kappa shape index (κ3) is 4.55. The largest absolute Gasteiger partial charge is 0.479 e. The molecule has 8 nitrogen and oxygen atoms in total. The number of urea groups is 1. The molecule has 1 saturated heterocycles. The highest BCUT2D eigenvalue weighted by molar-refractivity contribution is 5.74. The summed E-state index contributed by atoms with van der Waals surface area (Å²) in [7, 11) is 0. The Morgan fingerprint density at radius 1 is 1.53 bits per heavy atom. The molecule has 2 atom stereocenters. The fourth-order valence-electron chi connectivity index (χ4n) is 1.54. The molecule has 1 aliphatic rings. The quantitative estimate of drug-likeness (QED) is 0.539. The van der Waals surface area contributed by atoms with Crippen LogP contribution in [0.25, 0.3) is 0 Å². The van der Waals surface area contributed by atoms with Gasteiger partial charge < -0.3 is 19.8 Å². The Hall–Kier alpha value is -1.38. The number of hydrogen-bond acceptors (Lipinski definition) is 5. The van der Waals surface area contributed by atoms with Gasteiger partial charge in [-0.2, -0.15) is 0 Å². The van der Waals surface area contributed by atoms with Gasteiger partial charge in [0.2, 0.25) is 0 Å². The van der Waals surface area contributed by atoms with Gasteiger partial charge in [0.25, 0.3) is 0 Å². The standard InChI is InChI=1S/C9H16N2O6/c1-6-2-11(3-7(4-12)17-6)9(15)10-16-5-8(13)14/h6-7,12H,2-5H2,1H3,(H,10,15)(H,13,14). The molecule has 0 aromatic carbocycles. The Bertz CT molecular complexity index is 285. The second-order valence-corrected chi connectivity index (χ2v) is 3.75. The first-order valence-corrected chi connectivity index (χ1v) is 5.17. The van der Waals surface area contributed by atoms with Gasteiger partial charge in [-0.25, -0.2) is 15.1 Å². The van der Waals surface area contributed by atoms with Crippen LogP contribution in [0.2, 0.25) is 0 Å². The van der Waals surface area contributed by atoms with E-state index < -0.39 is 24.7 Å². The van der Waals surface area contributed by atoms with Crippen molar-refractivity contribution in [2.75, 3.05) is 26.3 Å². The number of hydrogen-bond donors (Lipinski definition) is 3. The fraction of sp³-hybridized carbons (Fsp3) is 0.778. The Morgan fingerprint density at radius 2 is 2.24 bits per heavy atom. The van der Waals surface area contributed by atoms with Crippen LogP contribution in [-0.2, 0) is 14.4 Å². The number of carboxylic acids is 1. The summed E-state index contributed by atoms with van der Waals surface area (Å²) in [6.07, 6.45) is -0.616. The van der Waals surface area contributed by atoms with Crippen LogP contribution in [-0.4, -0.2) is 65.6 Å². The number of hydroxylamine groups is 1. The predicted octanol–water partition coefficient (Wildman–Crippen LogP) is -1.21. The molecule has 2 unspecified atom stereocenters. The number of nitrogens with one attached hydrogen (secondary N) is 1.